The lowest BCUT2D eigenvalue weighted by Gasteiger charge is -2.16. The van der Waals surface area contributed by atoms with Gasteiger partial charge in [-0.05, 0) is 56.7 Å². The molecule has 2 rings (SSSR count). The van der Waals surface area contributed by atoms with E-state index >= 15 is 0 Å². The number of amides is 1. The summed E-state index contributed by atoms with van der Waals surface area (Å²) in [4.78, 5) is 23.4. The van der Waals surface area contributed by atoms with E-state index in [1.807, 2.05) is 6.92 Å². The average molecular weight is 420 g/mol. The standard InChI is InChI=1S/C20H25N3O5S/c1-5-21-17-10-8-15(20(25)28-6-2)11-18(17)23-29(26,27)19-12-16(22-14(4)24)9-7-13(19)3/h7-12,21,23H,5-6H2,1-4H3,(H,22,24). The Morgan fingerprint density at radius 2 is 1.76 bits per heavy atom. The van der Waals surface area contributed by atoms with Gasteiger partial charge in [-0.25, -0.2) is 13.2 Å². The van der Waals surface area contributed by atoms with Gasteiger partial charge in [-0.1, -0.05) is 6.07 Å². The van der Waals surface area contributed by atoms with Crippen molar-refractivity contribution in [1.29, 1.82) is 0 Å². The summed E-state index contributed by atoms with van der Waals surface area (Å²) in [5.41, 5.74) is 1.87. The summed E-state index contributed by atoms with van der Waals surface area (Å²) >= 11 is 0. The van der Waals surface area contributed by atoms with Crippen LogP contribution in [0.3, 0.4) is 0 Å². The van der Waals surface area contributed by atoms with E-state index in [-0.39, 0.29) is 28.7 Å². The molecule has 0 radical (unpaired) electrons. The number of rotatable bonds is 8. The molecule has 3 N–H and O–H groups in total. The fourth-order valence-corrected chi connectivity index (χ4v) is 4.03. The summed E-state index contributed by atoms with van der Waals surface area (Å²) in [6.45, 7) is 7.34. The quantitative estimate of drug-likeness (QED) is 0.566. The second-order valence-corrected chi connectivity index (χ2v) is 7.93. The molecule has 2 aromatic carbocycles. The van der Waals surface area contributed by atoms with Crippen LogP contribution in [0.4, 0.5) is 17.1 Å². The van der Waals surface area contributed by atoms with Gasteiger partial charge in [0.25, 0.3) is 10.0 Å². The summed E-state index contributed by atoms with van der Waals surface area (Å²) < 4.78 is 33.6. The highest BCUT2D eigenvalue weighted by molar-refractivity contribution is 7.92. The Bertz CT molecular complexity index is 1020. The smallest absolute Gasteiger partial charge is 0.338 e. The van der Waals surface area contributed by atoms with E-state index < -0.39 is 16.0 Å². The minimum absolute atomic E-state index is 0.0211. The van der Waals surface area contributed by atoms with Crippen LogP contribution in [0.25, 0.3) is 0 Å². The number of carbonyl (C=O) groups excluding carboxylic acids is 2. The molecular weight excluding hydrogens is 394 g/mol. The number of ether oxygens (including phenoxy) is 1. The molecule has 0 unspecified atom stereocenters. The van der Waals surface area contributed by atoms with Crippen LogP contribution in [0.15, 0.2) is 41.3 Å². The van der Waals surface area contributed by atoms with Crippen LogP contribution in [0, 0.1) is 6.92 Å². The van der Waals surface area contributed by atoms with Gasteiger partial charge in [0.1, 0.15) is 0 Å². The summed E-state index contributed by atoms with van der Waals surface area (Å²) in [6, 6.07) is 9.24. The van der Waals surface area contributed by atoms with Crippen molar-refractivity contribution < 1.29 is 22.7 Å². The molecular formula is C20H25N3O5S. The van der Waals surface area contributed by atoms with E-state index in [0.29, 0.717) is 23.5 Å². The Balaban J connectivity index is 2.46. The molecule has 0 aromatic heterocycles. The third-order valence-electron chi connectivity index (χ3n) is 3.94. The number of carbonyl (C=O) groups is 2. The molecule has 156 valence electrons. The molecule has 1 amide bonds. The third kappa shape index (κ3) is 5.71. The van der Waals surface area contributed by atoms with Crippen LogP contribution in [0.5, 0.6) is 0 Å². The molecule has 0 aliphatic carbocycles. The van der Waals surface area contributed by atoms with Crippen molar-refractivity contribution in [3.05, 3.63) is 47.5 Å². The number of anilines is 3. The Kier molecular flexibility index (Phi) is 7.22. The van der Waals surface area contributed by atoms with Crippen LogP contribution in [0.2, 0.25) is 0 Å². The van der Waals surface area contributed by atoms with Gasteiger partial charge in [-0.2, -0.15) is 0 Å². The lowest BCUT2D eigenvalue weighted by molar-refractivity contribution is -0.114. The Labute approximate surface area is 170 Å². The predicted molar refractivity (Wildman–Crippen MR) is 113 cm³/mol. The number of sulfonamides is 1. The predicted octanol–water partition coefficient (Wildman–Crippen LogP) is 3.36. The van der Waals surface area contributed by atoms with E-state index in [1.165, 1.54) is 19.1 Å². The molecule has 0 aliphatic heterocycles. The largest absolute Gasteiger partial charge is 0.462 e. The highest BCUT2D eigenvalue weighted by atomic mass is 32.2. The number of benzene rings is 2. The van der Waals surface area contributed by atoms with Crippen LogP contribution in [-0.4, -0.2) is 33.4 Å². The van der Waals surface area contributed by atoms with Gasteiger partial charge in [0.05, 0.1) is 28.4 Å². The van der Waals surface area contributed by atoms with E-state index in [4.69, 9.17) is 4.74 Å². The van der Waals surface area contributed by atoms with Gasteiger partial charge in [-0.3, -0.25) is 9.52 Å². The van der Waals surface area contributed by atoms with Crippen LogP contribution in [0.1, 0.15) is 36.7 Å². The summed E-state index contributed by atoms with van der Waals surface area (Å²) in [5, 5.41) is 5.64. The SMILES string of the molecule is CCNc1ccc(C(=O)OCC)cc1NS(=O)(=O)c1cc(NC(C)=O)ccc1C. The topological polar surface area (TPSA) is 114 Å². The Hall–Kier alpha value is -3.07. The van der Waals surface area contributed by atoms with Gasteiger partial charge in [0.15, 0.2) is 0 Å². The number of aryl methyl sites for hydroxylation is 1. The van der Waals surface area contributed by atoms with E-state index in [2.05, 4.69) is 15.4 Å². The number of hydrogen-bond acceptors (Lipinski definition) is 6. The first-order chi connectivity index (χ1) is 13.7. The number of esters is 1. The fraction of sp³-hybridized carbons (Fsp3) is 0.300. The lowest BCUT2D eigenvalue weighted by atomic mass is 10.1. The van der Waals surface area contributed by atoms with Crippen molar-refractivity contribution in [2.75, 3.05) is 28.5 Å². The molecule has 0 heterocycles. The van der Waals surface area contributed by atoms with E-state index in [1.54, 1.807) is 38.1 Å². The van der Waals surface area contributed by atoms with Crippen LogP contribution in [-0.2, 0) is 19.6 Å². The molecule has 0 fully saturated rings. The highest BCUT2D eigenvalue weighted by Gasteiger charge is 2.20. The van der Waals surface area contributed by atoms with Gasteiger partial charge in [-0.15, -0.1) is 0 Å². The maximum absolute atomic E-state index is 13.1. The zero-order valence-corrected chi connectivity index (χ0v) is 17.6. The van der Waals surface area contributed by atoms with Gasteiger partial charge in [0, 0.05) is 19.2 Å². The van der Waals surface area contributed by atoms with Gasteiger partial charge >= 0.3 is 5.97 Å². The number of hydrogen-bond donors (Lipinski definition) is 3. The van der Waals surface area contributed by atoms with Gasteiger partial charge < -0.3 is 15.4 Å². The lowest BCUT2D eigenvalue weighted by Crippen LogP contribution is -2.17. The molecule has 0 saturated heterocycles. The van der Waals surface area contributed by atoms with Crippen molar-refractivity contribution in [1.82, 2.24) is 0 Å². The van der Waals surface area contributed by atoms with Crippen molar-refractivity contribution in [3.8, 4) is 0 Å². The first-order valence-corrected chi connectivity index (χ1v) is 10.6. The zero-order chi connectivity index (χ0) is 21.6. The molecule has 9 heteroatoms. The summed E-state index contributed by atoms with van der Waals surface area (Å²) in [6.07, 6.45) is 0. The highest BCUT2D eigenvalue weighted by Crippen LogP contribution is 2.28. The summed E-state index contributed by atoms with van der Waals surface area (Å²) in [7, 11) is -3.99. The third-order valence-corrected chi connectivity index (χ3v) is 5.45. The molecule has 29 heavy (non-hydrogen) atoms. The van der Waals surface area contributed by atoms with Gasteiger partial charge in [0.2, 0.25) is 5.91 Å². The van der Waals surface area contributed by atoms with Crippen molar-refractivity contribution in [2.45, 2.75) is 32.6 Å². The minimum Gasteiger partial charge on any atom is -0.462 e. The molecule has 2 aromatic rings. The van der Waals surface area contributed by atoms with Crippen molar-refractivity contribution >= 4 is 39.0 Å². The average Bonchev–Trinajstić information content (AvgIpc) is 2.64. The zero-order valence-electron chi connectivity index (χ0n) is 16.8. The Morgan fingerprint density at radius 3 is 2.38 bits per heavy atom. The maximum atomic E-state index is 13.1. The van der Waals surface area contributed by atoms with Crippen molar-refractivity contribution in [3.63, 3.8) is 0 Å². The van der Waals surface area contributed by atoms with E-state index in [9.17, 15) is 18.0 Å². The van der Waals surface area contributed by atoms with Crippen LogP contribution < -0.4 is 15.4 Å². The molecule has 8 nitrogen and oxygen atoms in total. The summed E-state index contributed by atoms with van der Waals surface area (Å²) in [5.74, 6) is -0.846. The monoisotopic (exact) mass is 419 g/mol. The normalized spacial score (nSPS) is 10.9. The molecule has 0 atom stereocenters. The van der Waals surface area contributed by atoms with Crippen molar-refractivity contribution in [2.24, 2.45) is 0 Å². The van der Waals surface area contributed by atoms with E-state index in [0.717, 1.165) is 0 Å². The molecule has 0 bridgehead atoms. The fourth-order valence-electron chi connectivity index (χ4n) is 2.69. The molecule has 0 saturated carbocycles. The second kappa shape index (κ2) is 9.42. The second-order valence-electron chi connectivity index (χ2n) is 6.28. The minimum atomic E-state index is -3.99. The molecule has 0 spiro atoms. The maximum Gasteiger partial charge on any atom is 0.338 e. The van der Waals surface area contributed by atoms with Crippen LogP contribution >= 0.6 is 0 Å². The molecule has 0 aliphatic rings. The first kappa shape index (κ1) is 22.2. The first-order valence-electron chi connectivity index (χ1n) is 9.14. The Morgan fingerprint density at radius 1 is 1.03 bits per heavy atom. The number of nitrogens with one attached hydrogen (secondary N) is 3.